The SMILES string of the molecule is O=C(/C=C/c1ccsc1)NCC1CCCCC1. The van der Waals surface area contributed by atoms with Crippen molar-refractivity contribution in [1.82, 2.24) is 5.32 Å². The highest BCUT2D eigenvalue weighted by atomic mass is 32.1. The third-order valence-electron chi connectivity index (χ3n) is 3.26. The van der Waals surface area contributed by atoms with E-state index in [1.807, 2.05) is 22.9 Å². The fraction of sp³-hybridized carbons (Fsp3) is 0.500. The molecule has 0 aliphatic heterocycles. The molecule has 1 saturated carbocycles. The largest absolute Gasteiger partial charge is 0.352 e. The third-order valence-corrected chi connectivity index (χ3v) is 3.96. The molecule has 0 spiro atoms. The molecule has 0 atom stereocenters. The van der Waals surface area contributed by atoms with Gasteiger partial charge in [-0.15, -0.1) is 0 Å². The molecule has 17 heavy (non-hydrogen) atoms. The zero-order valence-electron chi connectivity index (χ0n) is 10.0. The van der Waals surface area contributed by atoms with Gasteiger partial charge in [-0.2, -0.15) is 11.3 Å². The first-order valence-electron chi connectivity index (χ1n) is 6.33. The monoisotopic (exact) mass is 249 g/mol. The summed E-state index contributed by atoms with van der Waals surface area (Å²) in [7, 11) is 0. The highest BCUT2D eigenvalue weighted by Gasteiger charge is 2.13. The Labute approximate surface area is 107 Å². The highest BCUT2D eigenvalue weighted by molar-refractivity contribution is 7.08. The number of carbonyl (C=O) groups excluding carboxylic acids is 1. The molecule has 0 radical (unpaired) electrons. The van der Waals surface area contributed by atoms with Crippen molar-refractivity contribution >= 4 is 23.3 Å². The van der Waals surface area contributed by atoms with Crippen molar-refractivity contribution in [3.8, 4) is 0 Å². The van der Waals surface area contributed by atoms with Crippen molar-refractivity contribution < 1.29 is 4.79 Å². The standard InChI is InChI=1S/C14H19NOS/c16-14(7-6-13-8-9-17-11-13)15-10-12-4-2-1-3-5-12/h6-9,11-12H,1-5,10H2,(H,15,16)/b7-6+. The molecule has 0 aromatic carbocycles. The topological polar surface area (TPSA) is 29.1 Å². The fourth-order valence-electron chi connectivity index (χ4n) is 2.24. The Morgan fingerprint density at radius 3 is 2.94 bits per heavy atom. The van der Waals surface area contributed by atoms with Crippen LogP contribution in [0.15, 0.2) is 22.9 Å². The van der Waals surface area contributed by atoms with Crippen LogP contribution >= 0.6 is 11.3 Å². The Morgan fingerprint density at radius 1 is 1.41 bits per heavy atom. The summed E-state index contributed by atoms with van der Waals surface area (Å²) in [6, 6.07) is 2.01. The van der Waals surface area contributed by atoms with Crippen molar-refractivity contribution in [2.24, 2.45) is 5.92 Å². The van der Waals surface area contributed by atoms with E-state index in [9.17, 15) is 4.79 Å². The number of hydrogen-bond donors (Lipinski definition) is 1. The molecule has 1 fully saturated rings. The number of nitrogens with one attached hydrogen (secondary N) is 1. The number of amides is 1. The quantitative estimate of drug-likeness (QED) is 0.813. The first kappa shape index (κ1) is 12.4. The maximum absolute atomic E-state index is 11.6. The molecule has 1 aliphatic rings. The maximum atomic E-state index is 11.6. The second-order valence-corrected chi connectivity index (χ2v) is 5.42. The van der Waals surface area contributed by atoms with Gasteiger partial charge in [-0.25, -0.2) is 0 Å². The minimum absolute atomic E-state index is 0.0294. The molecule has 1 aromatic rings. The van der Waals surface area contributed by atoms with E-state index in [1.54, 1.807) is 17.4 Å². The molecule has 0 saturated heterocycles. The fourth-order valence-corrected chi connectivity index (χ4v) is 2.87. The molecule has 1 heterocycles. The van der Waals surface area contributed by atoms with Gasteiger partial charge in [0, 0.05) is 12.6 Å². The van der Waals surface area contributed by atoms with Crippen LogP contribution in [-0.4, -0.2) is 12.5 Å². The van der Waals surface area contributed by atoms with Crippen LogP contribution in [0.4, 0.5) is 0 Å². The molecule has 92 valence electrons. The summed E-state index contributed by atoms with van der Waals surface area (Å²) in [5.74, 6) is 0.726. The molecule has 1 aromatic heterocycles. The van der Waals surface area contributed by atoms with E-state index in [1.165, 1.54) is 32.1 Å². The number of thiophene rings is 1. The molecule has 0 unspecified atom stereocenters. The second-order valence-electron chi connectivity index (χ2n) is 4.64. The summed E-state index contributed by atoms with van der Waals surface area (Å²) in [4.78, 5) is 11.6. The van der Waals surface area contributed by atoms with E-state index in [0.717, 1.165) is 12.1 Å². The Balaban J connectivity index is 1.70. The lowest BCUT2D eigenvalue weighted by molar-refractivity contribution is -0.116. The van der Waals surface area contributed by atoms with Crippen LogP contribution in [0.1, 0.15) is 37.7 Å². The number of hydrogen-bond acceptors (Lipinski definition) is 2. The molecule has 1 amide bonds. The van der Waals surface area contributed by atoms with Gasteiger partial charge in [0.1, 0.15) is 0 Å². The number of rotatable bonds is 4. The Morgan fingerprint density at radius 2 is 2.24 bits per heavy atom. The van der Waals surface area contributed by atoms with E-state index in [2.05, 4.69) is 5.32 Å². The molecular formula is C14H19NOS. The zero-order chi connectivity index (χ0) is 11.9. The van der Waals surface area contributed by atoms with Crippen LogP contribution < -0.4 is 5.32 Å². The van der Waals surface area contributed by atoms with E-state index in [4.69, 9.17) is 0 Å². The lowest BCUT2D eigenvalue weighted by Gasteiger charge is -2.21. The van der Waals surface area contributed by atoms with Crippen LogP contribution in [0.25, 0.3) is 6.08 Å². The van der Waals surface area contributed by atoms with Gasteiger partial charge in [0.15, 0.2) is 0 Å². The van der Waals surface area contributed by atoms with Crippen LogP contribution in [0.3, 0.4) is 0 Å². The van der Waals surface area contributed by atoms with Crippen LogP contribution in [0, 0.1) is 5.92 Å². The average Bonchev–Trinajstić information content (AvgIpc) is 2.88. The smallest absolute Gasteiger partial charge is 0.244 e. The van der Waals surface area contributed by atoms with E-state index < -0.39 is 0 Å². The summed E-state index contributed by atoms with van der Waals surface area (Å²) >= 11 is 1.64. The van der Waals surface area contributed by atoms with Crippen molar-refractivity contribution in [2.45, 2.75) is 32.1 Å². The molecule has 0 bridgehead atoms. The first-order chi connectivity index (χ1) is 8.34. The van der Waals surface area contributed by atoms with E-state index in [-0.39, 0.29) is 5.91 Å². The molecule has 2 nitrogen and oxygen atoms in total. The van der Waals surface area contributed by atoms with Crippen LogP contribution in [0.5, 0.6) is 0 Å². The van der Waals surface area contributed by atoms with Gasteiger partial charge in [0.2, 0.25) is 5.91 Å². The highest BCUT2D eigenvalue weighted by Crippen LogP contribution is 2.22. The summed E-state index contributed by atoms with van der Waals surface area (Å²) in [5.41, 5.74) is 1.10. The Bertz CT molecular complexity index is 364. The predicted molar refractivity (Wildman–Crippen MR) is 72.9 cm³/mol. The summed E-state index contributed by atoms with van der Waals surface area (Å²) < 4.78 is 0. The Kier molecular flexibility index (Phi) is 4.80. The van der Waals surface area contributed by atoms with Crippen molar-refractivity contribution in [3.63, 3.8) is 0 Å². The molecule has 1 aliphatic carbocycles. The van der Waals surface area contributed by atoms with E-state index in [0.29, 0.717) is 5.92 Å². The lowest BCUT2D eigenvalue weighted by Crippen LogP contribution is -2.28. The minimum atomic E-state index is 0.0294. The van der Waals surface area contributed by atoms with Gasteiger partial charge in [0.05, 0.1) is 0 Å². The minimum Gasteiger partial charge on any atom is -0.352 e. The molecule has 3 heteroatoms. The molecule has 2 rings (SSSR count). The maximum Gasteiger partial charge on any atom is 0.244 e. The predicted octanol–water partition coefficient (Wildman–Crippen LogP) is 3.46. The molecule has 1 N–H and O–H groups in total. The van der Waals surface area contributed by atoms with Crippen molar-refractivity contribution in [2.75, 3.05) is 6.54 Å². The lowest BCUT2D eigenvalue weighted by atomic mass is 9.89. The average molecular weight is 249 g/mol. The normalized spacial score (nSPS) is 17.4. The van der Waals surface area contributed by atoms with Gasteiger partial charge in [-0.3, -0.25) is 4.79 Å². The number of carbonyl (C=O) groups is 1. The van der Waals surface area contributed by atoms with Gasteiger partial charge in [-0.05, 0) is 47.2 Å². The van der Waals surface area contributed by atoms with Crippen molar-refractivity contribution in [3.05, 3.63) is 28.5 Å². The van der Waals surface area contributed by atoms with Gasteiger partial charge in [0.25, 0.3) is 0 Å². The Hall–Kier alpha value is -1.09. The molecular weight excluding hydrogens is 230 g/mol. The summed E-state index contributed by atoms with van der Waals surface area (Å²) in [6.45, 7) is 0.840. The van der Waals surface area contributed by atoms with Gasteiger partial charge < -0.3 is 5.32 Å². The zero-order valence-corrected chi connectivity index (χ0v) is 10.8. The summed E-state index contributed by atoms with van der Waals surface area (Å²) in [5, 5.41) is 7.04. The van der Waals surface area contributed by atoms with Crippen LogP contribution in [0.2, 0.25) is 0 Å². The third kappa shape index (κ3) is 4.35. The van der Waals surface area contributed by atoms with Crippen LogP contribution in [-0.2, 0) is 4.79 Å². The van der Waals surface area contributed by atoms with E-state index >= 15 is 0 Å². The summed E-state index contributed by atoms with van der Waals surface area (Å²) in [6.07, 6.45) is 10.1. The second kappa shape index (κ2) is 6.60. The van der Waals surface area contributed by atoms with Crippen molar-refractivity contribution in [1.29, 1.82) is 0 Å². The van der Waals surface area contributed by atoms with Gasteiger partial charge in [-0.1, -0.05) is 19.3 Å². The van der Waals surface area contributed by atoms with Gasteiger partial charge >= 0.3 is 0 Å². The first-order valence-corrected chi connectivity index (χ1v) is 7.27.